The van der Waals surface area contributed by atoms with Gasteiger partial charge in [-0.1, -0.05) is 50.6 Å². The predicted molar refractivity (Wildman–Crippen MR) is 85.4 cm³/mol. The Hall–Kier alpha value is -0.900. The van der Waals surface area contributed by atoms with E-state index >= 15 is 0 Å². The SMILES string of the molecule is CN[C@@]1(c2ccccc2Cl)C[C@@H](C(C)(C)C)C[C@@H](O)C1=O. The minimum absolute atomic E-state index is 0.0189. The third-order valence-corrected chi connectivity index (χ3v) is 5.10. The fourth-order valence-corrected chi connectivity index (χ4v) is 3.58. The number of rotatable bonds is 2. The first-order chi connectivity index (χ1) is 9.72. The highest BCUT2D eigenvalue weighted by Gasteiger charge is 2.51. The molecule has 1 saturated carbocycles. The van der Waals surface area contributed by atoms with Crippen molar-refractivity contribution in [3.63, 3.8) is 0 Å². The highest BCUT2D eigenvalue weighted by atomic mass is 35.5. The predicted octanol–water partition coefficient (Wildman–Crippen LogP) is 3.14. The molecule has 1 aromatic carbocycles. The van der Waals surface area contributed by atoms with Crippen LogP contribution in [0.5, 0.6) is 0 Å². The van der Waals surface area contributed by atoms with E-state index in [2.05, 4.69) is 26.1 Å². The first-order valence-corrected chi connectivity index (χ1v) is 7.76. The second kappa shape index (κ2) is 5.71. The van der Waals surface area contributed by atoms with E-state index in [9.17, 15) is 9.90 Å². The molecular formula is C17H24ClNO2. The fourth-order valence-electron chi connectivity index (χ4n) is 3.28. The summed E-state index contributed by atoms with van der Waals surface area (Å²) in [6, 6.07) is 7.38. The van der Waals surface area contributed by atoms with Gasteiger partial charge in [0, 0.05) is 5.02 Å². The highest BCUT2D eigenvalue weighted by Crippen LogP contribution is 2.46. The van der Waals surface area contributed by atoms with E-state index in [1.54, 1.807) is 13.1 Å². The molecule has 0 unspecified atom stereocenters. The molecule has 0 saturated heterocycles. The lowest BCUT2D eigenvalue weighted by atomic mass is 9.63. The van der Waals surface area contributed by atoms with Crippen molar-refractivity contribution < 1.29 is 9.90 Å². The van der Waals surface area contributed by atoms with Gasteiger partial charge in [0.15, 0.2) is 5.78 Å². The van der Waals surface area contributed by atoms with Crippen molar-refractivity contribution in [2.75, 3.05) is 7.05 Å². The Labute approximate surface area is 131 Å². The third-order valence-electron chi connectivity index (χ3n) is 4.77. The zero-order chi connectivity index (χ0) is 15.8. The van der Waals surface area contributed by atoms with Gasteiger partial charge in [-0.2, -0.15) is 0 Å². The number of ketones is 1. The van der Waals surface area contributed by atoms with E-state index in [0.29, 0.717) is 17.9 Å². The number of aliphatic hydroxyl groups is 1. The Morgan fingerprint density at radius 1 is 1.33 bits per heavy atom. The molecule has 3 nitrogen and oxygen atoms in total. The number of carbonyl (C=O) groups is 1. The summed E-state index contributed by atoms with van der Waals surface area (Å²) >= 11 is 6.33. The molecule has 0 spiro atoms. The largest absolute Gasteiger partial charge is 0.385 e. The molecule has 0 bridgehead atoms. The van der Waals surface area contributed by atoms with Crippen molar-refractivity contribution in [3.05, 3.63) is 34.9 Å². The molecule has 2 N–H and O–H groups in total. The monoisotopic (exact) mass is 309 g/mol. The molecule has 1 aliphatic rings. The molecule has 0 amide bonds. The van der Waals surface area contributed by atoms with Crippen LogP contribution in [0.15, 0.2) is 24.3 Å². The molecule has 4 heteroatoms. The zero-order valence-corrected chi connectivity index (χ0v) is 13.9. The average Bonchev–Trinajstić information content (AvgIpc) is 2.41. The molecule has 0 radical (unpaired) electrons. The summed E-state index contributed by atoms with van der Waals surface area (Å²) in [7, 11) is 1.76. The first-order valence-electron chi connectivity index (χ1n) is 7.38. The van der Waals surface area contributed by atoms with Gasteiger partial charge in [0.25, 0.3) is 0 Å². The van der Waals surface area contributed by atoms with Crippen molar-refractivity contribution in [2.24, 2.45) is 11.3 Å². The lowest BCUT2D eigenvalue weighted by Gasteiger charge is -2.46. The van der Waals surface area contributed by atoms with E-state index in [0.717, 1.165) is 5.56 Å². The molecule has 2 rings (SSSR count). The van der Waals surface area contributed by atoms with E-state index in [-0.39, 0.29) is 17.1 Å². The summed E-state index contributed by atoms with van der Waals surface area (Å²) in [4.78, 5) is 12.7. The molecule has 0 aromatic heterocycles. The van der Waals surface area contributed by atoms with Gasteiger partial charge < -0.3 is 10.4 Å². The summed E-state index contributed by atoms with van der Waals surface area (Å²) in [5.41, 5.74) is -0.133. The number of halogens is 1. The summed E-state index contributed by atoms with van der Waals surface area (Å²) in [5.74, 6) is 0.0486. The number of benzene rings is 1. The second-order valence-corrected chi connectivity index (χ2v) is 7.43. The summed E-state index contributed by atoms with van der Waals surface area (Å²) in [5, 5.41) is 14.0. The van der Waals surface area contributed by atoms with Crippen LogP contribution in [0.25, 0.3) is 0 Å². The van der Waals surface area contributed by atoms with Crippen LogP contribution in [0.4, 0.5) is 0 Å². The summed E-state index contributed by atoms with van der Waals surface area (Å²) < 4.78 is 0. The maximum atomic E-state index is 12.7. The maximum Gasteiger partial charge on any atom is 0.185 e. The van der Waals surface area contributed by atoms with Crippen LogP contribution in [0, 0.1) is 11.3 Å². The minimum Gasteiger partial charge on any atom is -0.385 e. The van der Waals surface area contributed by atoms with Gasteiger partial charge in [-0.3, -0.25) is 4.79 Å². The van der Waals surface area contributed by atoms with Gasteiger partial charge in [0.1, 0.15) is 11.6 Å². The van der Waals surface area contributed by atoms with Gasteiger partial charge >= 0.3 is 0 Å². The van der Waals surface area contributed by atoms with Gasteiger partial charge in [-0.05, 0) is 42.9 Å². The Morgan fingerprint density at radius 3 is 2.48 bits per heavy atom. The topological polar surface area (TPSA) is 49.3 Å². The van der Waals surface area contributed by atoms with Gasteiger partial charge in [0.05, 0.1) is 0 Å². The fraction of sp³-hybridized carbons (Fsp3) is 0.588. The van der Waals surface area contributed by atoms with Crippen molar-refractivity contribution in [1.29, 1.82) is 0 Å². The van der Waals surface area contributed by atoms with Crippen LogP contribution in [0.1, 0.15) is 39.2 Å². The molecule has 1 aromatic rings. The molecule has 116 valence electrons. The Kier molecular flexibility index (Phi) is 4.48. The van der Waals surface area contributed by atoms with Gasteiger partial charge in [-0.15, -0.1) is 0 Å². The lowest BCUT2D eigenvalue weighted by Crippen LogP contribution is -2.58. The van der Waals surface area contributed by atoms with Crippen LogP contribution < -0.4 is 5.32 Å². The van der Waals surface area contributed by atoms with Crippen LogP contribution >= 0.6 is 11.6 Å². The Bertz CT molecular complexity index is 538. The number of likely N-dealkylation sites (N-methyl/N-ethyl adjacent to an activating group) is 1. The second-order valence-electron chi connectivity index (χ2n) is 7.02. The number of nitrogens with one attached hydrogen (secondary N) is 1. The van der Waals surface area contributed by atoms with Crippen LogP contribution in [-0.4, -0.2) is 24.0 Å². The quantitative estimate of drug-likeness (QED) is 0.882. The minimum atomic E-state index is -0.952. The van der Waals surface area contributed by atoms with Crippen molar-refractivity contribution in [2.45, 2.75) is 45.3 Å². The summed E-state index contributed by atoms with van der Waals surface area (Å²) in [6.07, 6.45) is 0.203. The molecule has 1 aliphatic carbocycles. The van der Waals surface area contributed by atoms with Crippen molar-refractivity contribution >= 4 is 17.4 Å². The van der Waals surface area contributed by atoms with Gasteiger partial charge in [-0.25, -0.2) is 0 Å². The Morgan fingerprint density at radius 2 is 1.95 bits per heavy atom. The molecule has 1 fully saturated rings. The first kappa shape index (κ1) is 16.5. The third kappa shape index (κ3) is 2.87. The highest BCUT2D eigenvalue weighted by molar-refractivity contribution is 6.31. The molecule has 0 aliphatic heterocycles. The van der Waals surface area contributed by atoms with Crippen LogP contribution in [0.2, 0.25) is 5.02 Å². The van der Waals surface area contributed by atoms with E-state index in [4.69, 9.17) is 11.6 Å². The number of carbonyl (C=O) groups excluding carboxylic acids is 1. The molecule has 21 heavy (non-hydrogen) atoms. The standard InChI is InChI=1S/C17H24ClNO2/c1-16(2,3)11-9-14(20)15(21)17(10-11,19-4)12-7-5-6-8-13(12)18/h5-8,11,14,19-20H,9-10H2,1-4H3/t11-,14+,17+/m0/s1. The number of Topliss-reactive ketones (excluding diaryl/α,β-unsaturated/α-hetero) is 1. The summed E-state index contributed by atoms with van der Waals surface area (Å²) in [6.45, 7) is 6.44. The smallest absolute Gasteiger partial charge is 0.185 e. The molecule has 0 heterocycles. The number of hydrogen-bond donors (Lipinski definition) is 2. The van der Waals surface area contributed by atoms with E-state index in [1.165, 1.54) is 0 Å². The van der Waals surface area contributed by atoms with Crippen LogP contribution in [0.3, 0.4) is 0 Å². The molecular weight excluding hydrogens is 286 g/mol. The Balaban J connectivity index is 2.54. The van der Waals surface area contributed by atoms with Crippen LogP contribution in [-0.2, 0) is 10.3 Å². The lowest BCUT2D eigenvalue weighted by molar-refractivity contribution is -0.141. The molecule has 3 atom stereocenters. The average molecular weight is 310 g/mol. The van der Waals surface area contributed by atoms with Gasteiger partial charge in [0.2, 0.25) is 0 Å². The number of hydrogen-bond acceptors (Lipinski definition) is 3. The van der Waals surface area contributed by atoms with Crippen molar-refractivity contribution in [1.82, 2.24) is 5.32 Å². The normalized spacial score (nSPS) is 30.5. The van der Waals surface area contributed by atoms with E-state index < -0.39 is 11.6 Å². The van der Waals surface area contributed by atoms with Crippen molar-refractivity contribution in [3.8, 4) is 0 Å². The zero-order valence-electron chi connectivity index (χ0n) is 13.1. The number of aliphatic hydroxyl groups excluding tert-OH is 1. The van der Waals surface area contributed by atoms with E-state index in [1.807, 2.05) is 18.2 Å². The maximum absolute atomic E-state index is 12.7.